The van der Waals surface area contributed by atoms with Gasteiger partial charge in [-0.25, -0.2) is 9.97 Å². The van der Waals surface area contributed by atoms with Gasteiger partial charge in [0, 0.05) is 24.3 Å². The Bertz CT molecular complexity index is 693. The Morgan fingerprint density at radius 3 is 2.85 bits per heavy atom. The van der Waals surface area contributed by atoms with Crippen molar-refractivity contribution in [2.45, 2.75) is 6.04 Å². The monoisotopic (exact) mass is 304 g/mol. The Morgan fingerprint density at radius 1 is 1.30 bits per heavy atom. The van der Waals surface area contributed by atoms with Crippen molar-refractivity contribution in [1.29, 1.82) is 0 Å². The first kappa shape index (κ1) is 13.1. The number of thiophene rings is 1. The zero-order chi connectivity index (χ0) is 13.9. The molecule has 3 rings (SSSR count). The number of hydrogen-bond donors (Lipinski definition) is 1. The second kappa shape index (κ2) is 5.64. The van der Waals surface area contributed by atoms with Gasteiger partial charge in [-0.1, -0.05) is 23.7 Å². The van der Waals surface area contributed by atoms with Crippen molar-refractivity contribution in [3.8, 4) is 0 Å². The lowest BCUT2D eigenvalue weighted by Crippen LogP contribution is -2.16. The molecule has 0 amide bonds. The summed E-state index contributed by atoms with van der Waals surface area (Å²) in [6.45, 7) is 0. The molecule has 0 aliphatic carbocycles. The summed E-state index contributed by atoms with van der Waals surface area (Å²) in [7, 11) is 1.98. The van der Waals surface area contributed by atoms with Crippen molar-refractivity contribution in [2.75, 3.05) is 5.32 Å². The van der Waals surface area contributed by atoms with Crippen molar-refractivity contribution in [1.82, 2.24) is 14.5 Å². The minimum absolute atomic E-state index is 0.0408. The van der Waals surface area contributed by atoms with Crippen LogP contribution in [0.5, 0.6) is 0 Å². The van der Waals surface area contributed by atoms with Gasteiger partial charge < -0.3 is 9.88 Å². The number of aryl methyl sites for hydroxylation is 1. The average Bonchev–Trinajstić information content (AvgIpc) is 3.07. The third-order valence-electron chi connectivity index (χ3n) is 2.95. The van der Waals surface area contributed by atoms with Crippen LogP contribution < -0.4 is 5.32 Å². The quantitative estimate of drug-likeness (QED) is 0.747. The molecule has 1 N–H and O–H groups in total. The van der Waals surface area contributed by atoms with E-state index in [1.54, 1.807) is 23.6 Å². The molecule has 0 aromatic carbocycles. The minimum Gasteiger partial charge on any atom is -0.356 e. The van der Waals surface area contributed by atoms with Crippen LogP contribution in [-0.2, 0) is 7.05 Å². The summed E-state index contributed by atoms with van der Waals surface area (Å²) in [5, 5.41) is 5.92. The second-order valence-corrected chi connectivity index (χ2v) is 5.70. The maximum atomic E-state index is 5.94. The van der Waals surface area contributed by atoms with E-state index in [1.807, 2.05) is 36.0 Å². The minimum atomic E-state index is -0.0408. The van der Waals surface area contributed by atoms with Gasteiger partial charge in [0.25, 0.3) is 0 Å². The molecule has 0 aliphatic rings. The average molecular weight is 305 g/mol. The highest BCUT2D eigenvalue weighted by atomic mass is 35.5. The molecule has 0 saturated heterocycles. The van der Waals surface area contributed by atoms with E-state index in [-0.39, 0.29) is 6.04 Å². The molecule has 6 heteroatoms. The van der Waals surface area contributed by atoms with Crippen LogP contribution in [0.15, 0.2) is 48.1 Å². The van der Waals surface area contributed by atoms with E-state index in [9.17, 15) is 0 Å². The molecule has 3 aromatic rings. The molecule has 0 spiro atoms. The van der Waals surface area contributed by atoms with Crippen LogP contribution in [0, 0.1) is 0 Å². The molecule has 4 nitrogen and oxygen atoms in total. The van der Waals surface area contributed by atoms with Crippen LogP contribution in [0.4, 0.5) is 5.82 Å². The number of nitrogens with one attached hydrogen (secondary N) is 1. The lowest BCUT2D eigenvalue weighted by Gasteiger charge is -2.18. The normalized spacial score (nSPS) is 12.3. The highest BCUT2D eigenvalue weighted by molar-refractivity contribution is 7.10. The van der Waals surface area contributed by atoms with Gasteiger partial charge in [0.15, 0.2) is 0 Å². The van der Waals surface area contributed by atoms with Gasteiger partial charge in [0.1, 0.15) is 22.8 Å². The maximum absolute atomic E-state index is 5.94. The van der Waals surface area contributed by atoms with E-state index >= 15 is 0 Å². The molecule has 0 saturated carbocycles. The smallest absolute Gasteiger partial charge is 0.136 e. The third kappa shape index (κ3) is 2.69. The van der Waals surface area contributed by atoms with Gasteiger partial charge >= 0.3 is 0 Å². The first-order chi connectivity index (χ1) is 9.74. The number of hydrogen-bond acceptors (Lipinski definition) is 4. The van der Waals surface area contributed by atoms with Crippen LogP contribution in [0.25, 0.3) is 0 Å². The van der Waals surface area contributed by atoms with Gasteiger partial charge in [0.2, 0.25) is 0 Å². The van der Waals surface area contributed by atoms with Crippen LogP contribution in [0.3, 0.4) is 0 Å². The van der Waals surface area contributed by atoms with E-state index in [1.165, 1.54) is 4.88 Å². The largest absolute Gasteiger partial charge is 0.356 e. The Labute approximate surface area is 126 Å². The fraction of sp³-hybridized carbons (Fsp3) is 0.143. The summed E-state index contributed by atoms with van der Waals surface area (Å²) >= 11 is 7.62. The van der Waals surface area contributed by atoms with Crippen molar-refractivity contribution < 1.29 is 0 Å². The fourth-order valence-corrected chi connectivity index (χ4v) is 2.95. The summed E-state index contributed by atoms with van der Waals surface area (Å²) in [5.74, 6) is 1.67. The van der Waals surface area contributed by atoms with Gasteiger partial charge in [-0.05, 0) is 23.6 Å². The predicted octanol–water partition coefficient (Wildman–Crippen LogP) is 3.73. The molecule has 3 heterocycles. The summed E-state index contributed by atoms with van der Waals surface area (Å²) in [6, 6.07) is 9.61. The lowest BCUT2D eigenvalue weighted by atomic mass is 10.2. The summed E-state index contributed by atoms with van der Waals surface area (Å²) in [5.41, 5.74) is 0. The standard InChI is InChI=1S/C14H13ClN4S/c1-19-8-7-16-14(19)13(10-4-3-9-20-10)18-12-6-2-5-11(15)17-12/h2-9,13H,1H3,(H,17,18). The summed E-state index contributed by atoms with van der Waals surface area (Å²) < 4.78 is 2.00. The molecule has 0 radical (unpaired) electrons. The fourth-order valence-electron chi connectivity index (χ4n) is 2.01. The number of halogens is 1. The molecule has 1 atom stereocenters. The number of anilines is 1. The maximum Gasteiger partial charge on any atom is 0.136 e. The zero-order valence-electron chi connectivity index (χ0n) is 10.8. The molecule has 1 unspecified atom stereocenters. The lowest BCUT2D eigenvalue weighted by molar-refractivity contribution is 0.754. The Balaban J connectivity index is 1.97. The highest BCUT2D eigenvalue weighted by Crippen LogP contribution is 2.28. The number of aromatic nitrogens is 3. The molecule has 0 fully saturated rings. The number of nitrogens with zero attached hydrogens (tertiary/aromatic N) is 3. The first-order valence-electron chi connectivity index (χ1n) is 6.14. The topological polar surface area (TPSA) is 42.7 Å². The van der Waals surface area contributed by atoms with Gasteiger partial charge in [-0.15, -0.1) is 11.3 Å². The van der Waals surface area contributed by atoms with E-state index in [2.05, 4.69) is 26.7 Å². The Kier molecular flexibility index (Phi) is 3.71. The number of imidazole rings is 1. The van der Waals surface area contributed by atoms with Crippen LogP contribution >= 0.6 is 22.9 Å². The number of rotatable bonds is 4. The van der Waals surface area contributed by atoms with Crippen molar-refractivity contribution in [2.24, 2.45) is 7.05 Å². The predicted molar refractivity (Wildman–Crippen MR) is 82.2 cm³/mol. The summed E-state index contributed by atoms with van der Waals surface area (Å²) in [4.78, 5) is 9.90. The molecule has 0 aliphatic heterocycles. The van der Waals surface area contributed by atoms with Crippen LogP contribution in [-0.4, -0.2) is 14.5 Å². The highest BCUT2D eigenvalue weighted by Gasteiger charge is 2.19. The molecule has 102 valence electrons. The van der Waals surface area contributed by atoms with Crippen LogP contribution in [0.2, 0.25) is 5.15 Å². The second-order valence-electron chi connectivity index (χ2n) is 4.33. The van der Waals surface area contributed by atoms with E-state index < -0.39 is 0 Å². The van der Waals surface area contributed by atoms with Gasteiger partial charge in [-0.2, -0.15) is 0 Å². The number of pyridine rings is 1. The Hall–Kier alpha value is -1.85. The van der Waals surface area contributed by atoms with Crippen LogP contribution in [0.1, 0.15) is 16.7 Å². The SMILES string of the molecule is Cn1ccnc1C(Nc1cccc(Cl)n1)c1cccs1. The molecule has 3 aromatic heterocycles. The molecular weight excluding hydrogens is 292 g/mol. The van der Waals surface area contributed by atoms with Crippen molar-refractivity contribution in [3.05, 3.63) is 64.0 Å². The molecular formula is C14H13ClN4S. The van der Waals surface area contributed by atoms with Crippen molar-refractivity contribution >= 4 is 28.8 Å². The summed E-state index contributed by atoms with van der Waals surface area (Å²) in [6.07, 6.45) is 3.73. The van der Waals surface area contributed by atoms with E-state index in [0.29, 0.717) is 5.15 Å². The zero-order valence-corrected chi connectivity index (χ0v) is 12.4. The molecule has 20 heavy (non-hydrogen) atoms. The molecule has 0 bridgehead atoms. The van der Waals surface area contributed by atoms with Gasteiger partial charge in [-0.3, -0.25) is 0 Å². The van der Waals surface area contributed by atoms with E-state index in [4.69, 9.17) is 11.6 Å². The third-order valence-corrected chi connectivity index (χ3v) is 4.10. The van der Waals surface area contributed by atoms with E-state index in [0.717, 1.165) is 11.6 Å². The van der Waals surface area contributed by atoms with Gasteiger partial charge in [0.05, 0.1) is 0 Å². The first-order valence-corrected chi connectivity index (χ1v) is 7.39. The Morgan fingerprint density at radius 2 is 2.20 bits per heavy atom. The van der Waals surface area contributed by atoms with Crippen molar-refractivity contribution in [3.63, 3.8) is 0 Å².